The molecule has 0 fully saturated rings. The molecule has 0 saturated heterocycles. The number of hydrogen-bond donors (Lipinski definition) is 0. The zero-order valence-corrected chi connectivity index (χ0v) is 18.2. The second-order valence-electron chi connectivity index (χ2n) is 6.38. The highest BCUT2D eigenvalue weighted by Gasteiger charge is 2.11. The molecule has 5 heteroatoms. The number of unbranched alkanes of at least 4 members (excludes halogenated alkanes) is 1. The molecule has 2 aromatic carbocycles. The number of thiazole rings is 2. The second-order valence-corrected chi connectivity index (χ2v) is 9.02. The van der Waals surface area contributed by atoms with Gasteiger partial charge in [-0.15, -0.1) is 22.7 Å². The molecule has 0 atom stereocenters. The Kier molecular flexibility index (Phi) is 5.81. The summed E-state index contributed by atoms with van der Waals surface area (Å²) in [6.45, 7) is 2.23. The predicted octanol–water partition coefficient (Wildman–Crippen LogP) is 7.71. The van der Waals surface area contributed by atoms with Gasteiger partial charge in [-0.2, -0.15) is 0 Å². The summed E-state index contributed by atoms with van der Waals surface area (Å²) in [5, 5.41) is 6.18. The first-order valence-electron chi connectivity index (χ1n) is 8.99. The summed E-state index contributed by atoms with van der Waals surface area (Å²) in [4.78, 5) is 9.61. The van der Waals surface area contributed by atoms with Crippen LogP contribution in [0.1, 0.15) is 25.3 Å². The molecule has 0 aliphatic carbocycles. The van der Waals surface area contributed by atoms with E-state index in [0.29, 0.717) is 0 Å². The summed E-state index contributed by atoms with van der Waals surface area (Å²) in [7, 11) is 0. The molecule has 0 bridgehead atoms. The van der Waals surface area contributed by atoms with Gasteiger partial charge in [0.05, 0.1) is 11.4 Å². The SMILES string of the molecule is CCCCc1ccc(-c2csc(-c3nc(-c4ccc(Br)cc4)cs3)n2)cc1. The molecule has 0 radical (unpaired) electrons. The van der Waals surface area contributed by atoms with Gasteiger partial charge in [0.25, 0.3) is 0 Å². The maximum absolute atomic E-state index is 4.82. The molecule has 4 aromatic rings. The van der Waals surface area contributed by atoms with Crippen LogP contribution in [0.2, 0.25) is 0 Å². The molecule has 2 aromatic heterocycles. The van der Waals surface area contributed by atoms with Crippen molar-refractivity contribution in [3.8, 4) is 32.5 Å². The van der Waals surface area contributed by atoms with Gasteiger partial charge < -0.3 is 0 Å². The van der Waals surface area contributed by atoms with Crippen LogP contribution < -0.4 is 0 Å². The van der Waals surface area contributed by atoms with Crippen molar-refractivity contribution in [2.75, 3.05) is 0 Å². The number of hydrogen-bond acceptors (Lipinski definition) is 4. The molecule has 0 unspecified atom stereocenters. The molecule has 0 aliphatic rings. The van der Waals surface area contributed by atoms with Crippen molar-refractivity contribution in [2.24, 2.45) is 0 Å². The van der Waals surface area contributed by atoms with E-state index in [4.69, 9.17) is 9.97 Å². The topological polar surface area (TPSA) is 25.8 Å². The Hall–Kier alpha value is -1.82. The molecule has 4 rings (SSSR count). The van der Waals surface area contributed by atoms with Gasteiger partial charge in [0.1, 0.15) is 0 Å². The van der Waals surface area contributed by atoms with Crippen LogP contribution in [0.25, 0.3) is 32.5 Å². The Labute approximate surface area is 176 Å². The van der Waals surface area contributed by atoms with Crippen molar-refractivity contribution < 1.29 is 0 Å². The van der Waals surface area contributed by atoms with Crippen molar-refractivity contribution >= 4 is 38.6 Å². The number of aryl methyl sites for hydroxylation is 1. The normalized spacial score (nSPS) is 11.0. The Morgan fingerprint density at radius 2 is 1.30 bits per heavy atom. The van der Waals surface area contributed by atoms with Crippen molar-refractivity contribution in [1.82, 2.24) is 9.97 Å². The molecule has 2 heterocycles. The fourth-order valence-corrected chi connectivity index (χ4v) is 4.82. The van der Waals surface area contributed by atoms with Gasteiger partial charge in [-0.05, 0) is 30.5 Å². The molecule has 0 N–H and O–H groups in total. The van der Waals surface area contributed by atoms with Crippen LogP contribution in [0.15, 0.2) is 63.8 Å². The van der Waals surface area contributed by atoms with Crippen molar-refractivity contribution in [1.29, 1.82) is 0 Å². The average molecular weight is 455 g/mol. The molecule has 2 nitrogen and oxygen atoms in total. The second kappa shape index (κ2) is 8.46. The van der Waals surface area contributed by atoms with Crippen molar-refractivity contribution in [3.63, 3.8) is 0 Å². The molecule has 136 valence electrons. The minimum absolute atomic E-state index is 0.976. The monoisotopic (exact) mass is 454 g/mol. The lowest BCUT2D eigenvalue weighted by atomic mass is 10.1. The Morgan fingerprint density at radius 1 is 0.778 bits per heavy atom. The summed E-state index contributed by atoms with van der Waals surface area (Å²) < 4.78 is 1.08. The smallest absolute Gasteiger partial charge is 0.152 e. The summed E-state index contributed by atoms with van der Waals surface area (Å²) in [5.41, 5.74) is 5.72. The van der Waals surface area contributed by atoms with Crippen LogP contribution in [-0.4, -0.2) is 9.97 Å². The zero-order chi connectivity index (χ0) is 18.6. The van der Waals surface area contributed by atoms with Crippen LogP contribution in [0.3, 0.4) is 0 Å². The first-order valence-corrected chi connectivity index (χ1v) is 11.5. The highest BCUT2D eigenvalue weighted by atomic mass is 79.9. The van der Waals surface area contributed by atoms with Crippen LogP contribution >= 0.6 is 38.6 Å². The molecular weight excluding hydrogens is 436 g/mol. The number of halogens is 1. The Morgan fingerprint density at radius 3 is 1.81 bits per heavy atom. The van der Waals surface area contributed by atoms with E-state index in [1.54, 1.807) is 22.7 Å². The Balaban J connectivity index is 1.53. The zero-order valence-electron chi connectivity index (χ0n) is 15.0. The van der Waals surface area contributed by atoms with E-state index in [1.165, 1.54) is 24.0 Å². The van der Waals surface area contributed by atoms with Gasteiger partial charge in [-0.1, -0.05) is 65.7 Å². The number of rotatable bonds is 6. The van der Waals surface area contributed by atoms with Crippen LogP contribution in [0, 0.1) is 0 Å². The Bertz CT molecular complexity index is 1020. The highest BCUT2D eigenvalue weighted by Crippen LogP contribution is 2.33. The molecular formula is C22H19BrN2S2. The van der Waals surface area contributed by atoms with Gasteiger partial charge in [-0.25, -0.2) is 9.97 Å². The van der Waals surface area contributed by atoms with Gasteiger partial charge in [0.15, 0.2) is 10.0 Å². The standard InChI is InChI=1S/C22H19BrN2S2/c1-2-3-4-15-5-7-16(8-6-15)19-13-26-21(24-19)22-25-20(14-27-22)17-9-11-18(23)12-10-17/h5-14H,2-4H2,1H3. The van der Waals surface area contributed by atoms with E-state index in [1.807, 2.05) is 12.1 Å². The summed E-state index contributed by atoms with van der Waals surface area (Å²) in [6.07, 6.45) is 3.62. The summed E-state index contributed by atoms with van der Waals surface area (Å²) in [6, 6.07) is 17.0. The number of aromatic nitrogens is 2. The van der Waals surface area contributed by atoms with E-state index >= 15 is 0 Å². The van der Waals surface area contributed by atoms with E-state index in [-0.39, 0.29) is 0 Å². The molecule has 0 spiro atoms. The highest BCUT2D eigenvalue weighted by molar-refractivity contribution is 9.10. The number of benzene rings is 2. The van der Waals surface area contributed by atoms with Crippen molar-refractivity contribution in [3.05, 3.63) is 69.3 Å². The molecule has 0 saturated carbocycles. The lowest BCUT2D eigenvalue weighted by molar-refractivity contribution is 0.795. The lowest BCUT2D eigenvalue weighted by Gasteiger charge is -2.01. The van der Waals surface area contributed by atoms with E-state index in [0.717, 1.165) is 37.9 Å². The average Bonchev–Trinajstić information content (AvgIpc) is 3.37. The van der Waals surface area contributed by atoms with E-state index in [2.05, 4.69) is 70.0 Å². The number of nitrogens with zero attached hydrogens (tertiary/aromatic N) is 2. The van der Waals surface area contributed by atoms with Crippen LogP contribution in [0.5, 0.6) is 0 Å². The molecule has 0 amide bonds. The largest absolute Gasteiger partial charge is 0.233 e. The quantitative estimate of drug-likeness (QED) is 0.298. The maximum Gasteiger partial charge on any atom is 0.152 e. The van der Waals surface area contributed by atoms with Crippen molar-refractivity contribution in [2.45, 2.75) is 26.2 Å². The first-order chi connectivity index (χ1) is 13.2. The molecule has 27 heavy (non-hydrogen) atoms. The third-order valence-electron chi connectivity index (χ3n) is 4.40. The van der Waals surface area contributed by atoms with E-state index < -0.39 is 0 Å². The van der Waals surface area contributed by atoms with Gasteiger partial charge in [0.2, 0.25) is 0 Å². The van der Waals surface area contributed by atoms with Gasteiger partial charge in [0, 0.05) is 26.4 Å². The van der Waals surface area contributed by atoms with Gasteiger partial charge in [-0.3, -0.25) is 0 Å². The summed E-state index contributed by atoms with van der Waals surface area (Å²) >= 11 is 6.78. The van der Waals surface area contributed by atoms with E-state index in [9.17, 15) is 0 Å². The summed E-state index contributed by atoms with van der Waals surface area (Å²) in [5.74, 6) is 0. The van der Waals surface area contributed by atoms with Gasteiger partial charge >= 0.3 is 0 Å². The van der Waals surface area contributed by atoms with Crippen LogP contribution in [0.4, 0.5) is 0 Å². The lowest BCUT2D eigenvalue weighted by Crippen LogP contribution is -1.85. The third-order valence-corrected chi connectivity index (χ3v) is 6.76. The maximum atomic E-state index is 4.82. The molecule has 0 aliphatic heterocycles. The fourth-order valence-electron chi connectivity index (χ4n) is 2.85. The minimum atomic E-state index is 0.976. The first kappa shape index (κ1) is 18.5. The minimum Gasteiger partial charge on any atom is -0.233 e. The fraction of sp³-hybridized carbons (Fsp3) is 0.182. The third kappa shape index (κ3) is 4.37. The van der Waals surface area contributed by atoms with Crippen LogP contribution in [-0.2, 0) is 6.42 Å². The predicted molar refractivity (Wildman–Crippen MR) is 120 cm³/mol.